The van der Waals surface area contributed by atoms with Gasteiger partial charge in [0.05, 0.1) is 22.9 Å². The molecule has 0 radical (unpaired) electrons. The Morgan fingerprint density at radius 3 is 2.28 bits per heavy atom. The summed E-state index contributed by atoms with van der Waals surface area (Å²) in [5.74, 6) is 0.923. The number of aromatic nitrogens is 3. The smallest absolute Gasteiger partial charge is 0.192 e. The topological polar surface area (TPSA) is 98.2 Å². The number of sulfone groups is 1. The first-order valence-corrected chi connectivity index (χ1v) is 14.3. The maximum absolute atomic E-state index is 15.0. The molecule has 0 spiro atoms. The largest absolute Gasteiger partial charge is 0.440 e. The van der Waals surface area contributed by atoms with Crippen molar-refractivity contribution in [3.8, 4) is 39.4 Å². The third-order valence-electron chi connectivity index (χ3n) is 6.40. The zero-order valence-corrected chi connectivity index (χ0v) is 23.2. The molecule has 3 aromatic carbocycles. The molecule has 7 nitrogen and oxygen atoms in total. The van der Waals surface area contributed by atoms with Crippen molar-refractivity contribution in [1.29, 1.82) is 0 Å². The number of halogens is 2. The van der Waals surface area contributed by atoms with Crippen LogP contribution in [0.4, 0.5) is 4.39 Å². The molecule has 2 aromatic heterocycles. The van der Waals surface area contributed by atoms with Crippen LogP contribution >= 0.6 is 11.6 Å². The van der Waals surface area contributed by atoms with Gasteiger partial charge in [-0.1, -0.05) is 17.7 Å². The highest BCUT2D eigenvalue weighted by atomic mass is 35.5. The molecule has 0 fully saturated rings. The fourth-order valence-electron chi connectivity index (χ4n) is 4.65. The summed E-state index contributed by atoms with van der Waals surface area (Å²) in [5.41, 5.74) is 4.20. The Morgan fingerprint density at radius 1 is 0.974 bits per heavy atom. The van der Waals surface area contributed by atoms with Gasteiger partial charge in [0, 0.05) is 41.1 Å². The summed E-state index contributed by atoms with van der Waals surface area (Å²) in [6.07, 6.45) is 2.89. The van der Waals surface area contributed by atoms with E-state index in [1.54, 1.807) is 25.1 Å². The number of hydrogen-bond donors (Lipinski definition) is 1. The van der Waals surface area contributed by atoms with E-state index in [0.717, 1.165) is 29.0 Å². The second-order valence-corrected chi connectivity index (χ2v) is 11.7. The van der Waals surface area contributed by atoms with Crippen LogP contribution in [0.25, 0.3) is 39.4 Å². The SMILES string of the molecule is Cc1cn(-c2ccc(-c3cc(F)c(CO)c(S(C)(=O)=O)c3)cc2-c2nc(C)oc2-c2ccc(Cl)cc2)c(C)n1. The Bertz CT molecular complexity index is 1830. The molecule has 5 aromatic rings. The number of oxazole rings is 1. The average molecular weight is 566 g/mol. The molecule has 0 aliphatic heterocycles. The van der Waals surface area contributed by atoms with Crippen LogP contribution in [0.1, 0.15) is 23.0 Å². The molecular formula is C29H25ClFN3O4S. The van der Waals surface area contributed by atoms with Crippen LogP contribution in [0.3, 0.4) is 0 Å². The molecule has 0 aliphatic carbocycles. The molecule has 5 rings (SSSR count). The molecule has 0 atom stereocenters. The van der Waals surface area contributed by atoms with Gasteiger partial charge in [-0.2, -0.15) is 0 Å². The van der Waals surface area contributed by atoms with Crippen molar-refractivity contribution in [2.75, 3.05) is 6.26 Å². The first-order chi connectivity index (χ1) is 18.5. The number of benzene rings is 3. The highest BCUT2D eigenvalue weighted by molar-refractivity contribution is 7.90. The minimum Gasteiger partial charge on any atom is -0.440 e. The van der Waals surface area contributed by atoms with Gasteiger partial charge >= 0.3 is 0 Å². The van der Waals surface area contributed by atoms with Crippen molar-refractivity contribution in [2.24, 2.45) is 0 Å². The second-order valence-electron chi connectivity index (χ2n) is 9.31. The summed E-state index contributed by atoms with van der Waals surface area (Å²) in [5, 5.41) is 10.2. The van der Waals surface area contributed by atoms with Crippen LogP contribution in [0, 0.1) is 26.6 Å². The lowest BCUT2D eigenvalue weighted by molar-refractivity contribution is 0.272. The van der Waals surface area contributed by atoms with Crippen LogP contribution in [0.5, 0.6) is 0 Å². The first-order valence-electron chi connectivity index (χ1n) is 12.0. The Hall–Kier alpha value is -3.79. The van der Waals surface area contributed by atoms with Crippen LogP contribution < -0.4 is 0 Å². The summed E-state index contributed by atoms with van der Waals surface area (Å²) < 4.78 is 47.8. The Balaban J connectivity index is 1.79. The van der Waals surface area contributed by atoms with Crippen LogP contribution in [0.2, 0.25) is 5.02 Å². The van der Waals surface area contributed by atoms with E-state index < -0.39 is 22.3 Å². The highest BCUT2D eigenvalue weighted by Crippen LogP contribution is 2.39. The lowest BCUT2D eigenvalue weighted by atomic mass is 9.97. The lowest BCUT2D eigenvalue weighted by Gasteiger charge is -2.15. The number of aryl methyl sites for hydroxylation is 3. The summed E-state index contributed by atoms with van der Waals surface area (Å²) in [7, 11) is -3.81. The van der Waals surface area contributed by atoms with E-state index in [2.05, 4.69) is 4.98 Å². The summed E-state index contributed by atoms with van der Waals surface area (Å²) in [6, 6.07) is 15.2. The second kappa shape index (κ2) is 10.1. The van der Waals surface area contributed by atoms with Crippen molar-refractivity contribution in [1.82, 2.24) is 14.5 Å². The predicted molar refractivity (Wildman–Crippen MR) is 148 cm³/mol. The van der Waals surface area contributed by atoms with E-state index in [9.17, 15) is 17.9 Å². The molecule has 0 aliphatic rings. The Kier molecular flexibility index (Phi) is 6.92. The molecule has 0 bridgehead atoms. The van der Waals surface area contributed by atoms with Crippen LogP contribution in [0.15, 0.2) is 70.1 Å². The monoisotopic (exact) mass is 565 g/mol. The van der Waals surface area contributed by atoms with E-state index in [-0.39, 0.29) is 10.5 Å². The van der Waals surface area contributed by atoms with Gasteiger partial charge in [-0.25, -0.2) is 22.8 Å². The lowest BCUT2D eigenvalue weighted by Crippen LogP contribution is -2.06. The van der Waals surface area contributed by atoms with Gasteiger partial charge in [-0.05, 0) is 73.5 Å². The molecule has 39 heavy (non-hydrogen) atoms. The minimum absolute atomic E-state index is 0.258. The van der Waals surface area contributed by atoms with E-state index >= 15 is 0 Å². The molecule has 1 N–H and O–H groups in total. The zero-order valence-electron chi connectivity index (χ0n) is 21.7. The maximum atomic E-state index is 15.0. The molecule has 10 heteroatoms. The molecule has 0 saturated carbocycles. The van der Waals surface area contributed by atoms with Crippen LogP contribution in [-0.4, -0.2) is 34.3 Å². The van der Waals surface area contributed by atoms with Gasteiger partial charge < -0.3 is 14.1 Å². The number of hydrogen-bond acceptors (Lipinski definition) is 6. The van der Waals surface area contributed by atoms with Gasteiger partial charge in [0.2, 0.25) is 0 Å². The molecule has 2 heterocycles. The third kappa shape index (κ3) is 5.13. The zero-order chi connectivity index (χ0) is 28.1. The minimum atomic E-state index is -3.81. The van der Waals surface area contributed by atoms with Gasteiger partial charge in [0.15, 0.2) is 21.5 Å². The fraction of sp³-hybridized carbons (Fsp3) is 0.172. The summed E-state index contributed by atoms with van der Waals surface area (Å²) >= 11 is 6.11. The maximum Gasteiger partial charge on any atom is 0.192 e. The van der Waals surface area contributed by atoms with Gasteiger partial charge in [-0.3, -0.25) is 0 Å². The van der Waals surface area contributed by atoms with Gasteiger partial charge in [0.1, 0.15) is 17.3 Å². The van der Waals surface area contributed by atoms with Crippen molar-refractivity contribution >= 4 is 21.4 Å². The van der Waals surface area contributed by atoms with Crippen molar-refractivity contribution in [3.05, 3.63) is 94.6 Å². The standard InChI is InChI=1S/C29H25ClFN3O4S/c1-16-14-34(17(2)32-16)26-10-7-20(21-12-25(31)24(15-35)27(13-21)39(4,36)37)11-23(26)28-29(38-18(3)33-28)19-5-8-22(30)9-6-19/h5-14,35H,15H2,1-4H3. The van der Waals surface area contributed by atoms with Gasteiger partial charge in [0.25, 0.3) is 0 Å². The first kappa shape index (κ1) is 26.8. The van der Waals surface area contributed by atoms with E-state index in [4.69, 9.17) is 21.0 Å². The number of aliphatic hydroxyl groups excluding tert-OH is 1. The fourth-order valence-corrected chi connectivity index (χ4v) is 5.72. The molecule has 200 valence electrons. The third-order valence-corrected chi connectivity index (χ3v) is 7.82. The van der Waals surface area contributed by atoms with Gasteiger partial charge in [-0.15, -0.1) is 0 Å². The Morgan fingerprint density at radius 2 is 1.67 bits per heavy atom. The Labute approximate surface area is 230 Å². The number of nitrogens with zero attached hydrogens (tertiary/aromatic N) is 3. The normalized spacial score (nSPS) is 11.8. The number of aliphatic hydroxyl groups is 1. The molecule has 0 saturated heterocycles. The van der Waals surface area contributed by atoms with Crippen molar-refractivity contribution < 1.29 is 22.3 Å². The highest BCUT2D eigenvalue weighted by Gasteiger charge is 2.23. The van der Waals surface area contributed by atoms with Crippen molar-refractivity contribution in [3.63, 3.8) is 0 Å². The summed E-state index contributed by atoms with van der Waals surface area (Å²) in [4.78, 5) is 8.98. The predicted octanol–water partition coefficient (Wildman–Crippen LogP) is 6.47. The average Bonchev–Trinajstić information content (AvgIpc) is 3.43. The van der Waals surface area contributed by atoms with Crippen LogP contribution in [-0.2, 0) is 16.4 Å². The molecule has 0 unspecified atom stereocenters. The number of imidazole rings is 1. The molecular weight excluding hydrogens is 541 g/mol. The number of rotatable bonds is 6. The van der Waals surface area contributed by atoms with Crippen molar-refractivity contribution in [2.45, 2.75) is 32.3 Å². The summed E-state index contributed by atoms with van der Waals surface area (Å²) in [6.45, 7) is 4.80. The van der Waals surface area contributed by atoms with E-state index in [0.29, 0.717) is 39.1 Å². The quantitative estimate of drug-likeness (QED) is 0.253. The van der Waals surface area contributed by atoms with E-state index in [1.807, 2.05) is 48.9 Å². The van der Waals surface area contributed by atoms with E-state index in [1.165, 1.54) is 12.1 Å². The molecule has 0 amide bonds.